The summed E-state index contributed by atoms with van der Waals surface area (Å²) in [6.45, 7) is 6.32. The van der Waals surface area contributed by atoms with Gasteiger partial charge in [-0.05, 0) is 39.5 Å². The van der Waals surface area contributed by atoms with E-state index in [1.807, 2.05) is 6.92 Å². The van der Waals surface area contributed by atoms with Gasteiger partial charge in [-0.3, -0.25) is 4.79 Å². The highest BCUT2D eigenvalue weighted by Crippen LogP contribution is 2.27. The first-order chi connectivity index (χ1) is 12.3. The number of sulfonamides is 1. The van der Waals surface area contributed by atoms with E-state index in [1.165, 1.54) is 15.6 Å². The summed E-state index contributed by atoms with van der Waals surface area (Å²) in [6.07, 6.45) is 1.61. The normalized spacial score (nSPS) is 18.8. The van der Waals surface area contributed by atoms with Crippen molar-refractivity contribution in [2.45, 2.75) is 38.5 Å². The van der Waals surface area contributed by atoms with Crippen LogP contribution in [0.4, 0.5) is 0 Å². The number of nitrogens with one attached hydrogen (secondary N) is 1. The van der Waals surface area contributed by atoms with Crippen LogP contribution in [0.5, 0.6) is 0 Å². The zero-order valence-electron chi connectivity index (χ0n) is 15.0. The molecule has 0 bridgehead atoms. The number of piperidine rings is 1. The highest BCUT2D eigenvalue weighted by atomic mass is 32.2. The summed E-state index contributed by atoms with van der Waals surface area (Å²) in [5.74, 6) is 0.138. The molecule has 26 heavy (non-hydrogen) atoms. The van der Waals surface area contributed by atoms with Crippen molar-refractivity contribution in [3.8, 4) is 0 Å². The van der Waals surface area contributed by atoms with Crippen LogP contribution in [0.25, 0.3) is 0 Å². The van der Waals surface area contributed by atoms with E-state index in [-0.39, 0.29) is 16.7 Å². The van der Waals surface area contributed by atoms with Gasteiger partial charge in [-0.2, -0.15) is 4.31 Å². The van der Waals surface area contributed by atoms with Gasteiger partial charge in [0.15, 0.2) is 5.76 Å². The summed E-state index contributed by atoms with van der Waals surface area (Å²) < 4.78 is 32.3. The van der Waals surface area contributed by atoms with Gasteiger partial charge in [0, 0.05) is 25.0 Å². The Hall–Kier alpha value is -1.78. The van der Waals surface area contributed by atoms with Crippen LogP contribution in [0.15, 0.2) is 14.8 Å². The number of thiazole rings is 1. The molecular formula is C16H22N4O4S2. The first kappa shape index (κ1) is 19.0. The summed E-state index contributed by atoms with van der Waals surface area (Å²) in [7, 11) is -3.65. The first-order valence-electron chi connectivity index (χ1n) is 8.42. The van der Waals surface area contributed by atoms with Crippen LogP contribution in [-0.2, 0) is 10.0 Å². The molecule has 0 aromatic carbocycles. The molecule has 1 fully saturated rings. The molecule has 10 heteroatoms. The molecule has 1 saturated heterocycles. The van der Waals surface area contributed by atoms with Crippen LogP contribution in [0.3, 0.4) is 0 Å². The molecule has 1 aliphatic rings. The number of hydrogen-bond donors (Lipinski definition) is 1. The molecule has 0 radical (unpaired) electrons. The Morgan fingerprint density at radius 3 is 2.81 bits per heavy atom. The maximum Gasteiger partial charge on any atom is 0.270 e. The molecule has 1 aliphatic heterocycles. The van der Waals surface area contributed by atoms with E-state index >= 15 is 0 Å². The first-order valence-corrected chi connectivity index (χ1v) is 10.7. The zero-order valence-corrected chi connectivity index (χ0v) is 16.6. The minimum Gasteiger partial charge on any atom is -0.360 e. The summed E-state index contributed by atoms with van der Waals surface area (Å²) in [5, 5.41) is 9.17. The molecule has 8 nitrogen and oxygen atoms in total. The van der Waals surface area contributed by atoms with E-state index in [9.17, 15) is 13.2 Å². The van der Waals surface area contributed by atoms with Crippen molar-refractivity contribution < 1.29 is 17.7 Å². The highest BCUT2D eigenvalue weighted by Gasteiger charge is 2.34. The van der Waals surface area contributed by atoms with E-state index in [0.29, 0.717) is 36.8 Å². The summed E-state index contributed by atoms with van der Waals surface area (Å²) >= 11 is 1.42. The van der Waals surface area contributed by atoms with Gasteiger partial charge in [0.1, 0.15) is 16.3 Å². The van der Waals surface area contributed by atoms with E-state index in [1.54, 1.807) is 19.2 Å². The van der Waals surface area contributed by atoms with Crippen molar-refractivity contribution in [2.24, 2.45) is 5.92 Å². The van der Waals surface area contributed by atoms with Gasteiger partial charge >= 0.3 is 0 Å². The number of carbonyl (C=O) groups excluding carboxylic acids is 1. The molecule has 2 aromatic heterocycles. The lowest BCUT2D eigenvalue weighted by Crippen LogP contribution is -2.43. The van der Waals surface area contributed by atoms with Crippen molar-refractivity contribution in [1.82, 2.24) is 19.8 Å². The molecule has 3 rings (SSSR count). The number of carbonyl (C=O) groups is 1. The molecule has 2 aromatic rings. The Morgan fingerprint density at radius 2 is 2.19 bits per heavy atom. The molecule has 0 saturated carbocycles. The third-order valence-corrected chi connectivity index (χ3v) is 7.33. The SMILES string of the molecule is Cc1nc(C(=O)NCC2CCCN(S(=O)(=O)c3c(C)noc3C)C2)cs1. The molecule has 0 spiro atoms. The van der Waals surface area contributed by atoms with Gasteiger partial charge in [-0.15, -0.1) is 11.3 Å². The largest absolute Gasteiger partial charge is 0.360 e. The van der Waals surface area contributed by atoms with Crippen molar-refractivity contribution >= 4 is 27.3 Å². The fourth-order valence-electron chi connectivity index (χ4n) is 3.18. The van der Waals surface area contributed by atoms with Gasteiger partial charge in [0.25, 0.3) is 5.91 Å². The Labute approximate surface area is 156 Å². The lowest BCUT2D eigenvalue weighted by molar-refractivity contribution is 0.0937. The van der Waals surface area contributed by atoms with E-state index in [0.717, 1.165) is 17.8 Å². The summed E-state index contributed by atoms with van der Waals surface area (Å²) in [4.78, 5) is 16.5. The van der Waals surface area contributed by atoms with E-state index in [4.69, 9.17) is 4.52 Å². The topological polar surface area (TPSA) is 105 Å². The van der Waals surface area contributed by atoms with Crippen molar-refractivity contribution in [3.63, 3.8) is 0 Å². The highest BCUT2D eigenvalue weighted by molar-refractivity contribution is 7.89. The minimum absolute atomic E-state index is 0.0580. The van der Waals surface area contributed by atoms with Crippen LogP contribution >= 0.6 is 11.3 Å². The van der Waals surface area contributed by atoms with Crippen molar-refractivity contribution in [1.29, 1.82) is 0 Å². The van der Waals surface area contributed by atoms with Crippen LogP contribution in [0.2, 0.25) is 0 Å². The maximum absolute atomic E-state index is 12.9. The molecule has 1 atom stereocenters. The predicted octanol–water partition coefficient (Wildman–Crippen LogP) is 1.89. The molecule has 1 N–H and O–H groups in total. The van der Waals surface area contributed by atoms with Gasteiger partial charge in [-0.25, -0.2) is 13.4 Å². The van der Waals surface area contributed by atoms with Crippen molar-refractivity contribution in [3.05, 3.63) is 27.5 Å². The number of rotatable bonds is 5. The number of aryl methyl sites for hydroxylation is 3. The van der Waals surface area contributed by atoms with Crippen molar-refractivity contribution in [2.75, 3.05) is 19.6 Å². The quantitative estimate of drug-likeness (QED) is 0.824. The number of amides is 1. The summed E-state index contributed by atoms with van der Waals surface area (Å²) in [5.41, 5.74) is 0.778. The smallest absolute Gasteiger partial charge is 0.270 e. The molecule has 3 heterocycles. The fraction of sp³-hybridized carbons (Fsp3) is 0.562. The second-order valence-corrected chi connectivity index (χ2v) is 9.42. The van der Waals surface area contributed by atoms with Crippen LogP contribution in [0.1, 0.15) is 39.8 Å². The van der Waals surface area contributed by atoms with E-state index in [2.05, 4.69) is 15.5 Å². The second-order valence-electron chi connectivity index (χ2n) is 6.49. The van der Waals surface area contributed by atoms with Gasteiger partial charge < -0.3 is 9.84 Å². The lowest BCUT2D eigenvalue weighted by atomic mass is 10.00. The lowest BCUT2D eigenvalue weighted by Gasteiger charge is -2.31. The predicted molar refractivity (Wildman–Crippen MR) is 96.6 cm³/mol. The van der Waals surface area contributed by atoms with Gasteiger partial charge in [0.05, 0.1) is 5.01 Å². The van der Waals surface area contributed by atoms with Crippen LogP contribution < -0.4 is 5.32 Å². The Kier molecular flexibility index (Phi) is 5.44. The number of hydrogen-bond acceptors (Lipinski definition) is 7. The third-order valence-electron chi connectivity index (χ3n) is 4.45. The van der Waals surface area contributed by atoms with Gasteiger partial charge in [0.2, 0.25) is 10.0 Å². The molecule has 0 aliphatic carbocycles. The van der Waals surface area contributed by atoms with Gasteiger partial charge in [-0.1, -0.05) is 5.16 Å². The Morgan fingerprint density at radius 1 is 1.42 bits per heavy atom. The zero-order chi connectivity index (χ0) is 18.9. The second kappa shape index (κ2) is 7.45. The molecule has 1 amide bonds. The third kappa shape index (κ3) is 3.81. The van der Waals surface area contributed by atoms with Crippen LogP contribution in [-0.4, -0.2) is 48.4 Å². The molecule has 1 unspecified atom stereocenters. The number of aromatic nitrogens is 2. The summed E-state index contributed by atoms with van der Waals surface area (Å²) in [6, 6.07) is 0. The van der Waals surface area contributed by atoms with Crippen LogP contribution in [0, 0.1) is 26.7 Å². The maximum atomic E-state index is 12.9. The molecule has 142 valence electrons. The Balaban J connectivity index is 1.65. The monoisotopic (exact) mass is 398 g/mol. The minimum atomic E-state index is -3.65. The number of nitrogens with zero attached hydrogens (tertiary/aromatic N) is 3. The standard InChI is InChI=1S/C16H22N4O4S2/c1-10-15(11(2)24-19-10)26(22,23)20-6-4-5-13(8-20)7-17-16(21)14-9-25-12(3)18-14/h9,13H,4-8H2,1-3H3,(H,17,21). The average Bonchev–Trinajstić information content (AvgIpc) is 3.18. The fourth-order valence-corrected chi connectivity index (χ4v) is 5.62. The van der Waals surface area contributed by atoms with E-state index < -0.39 is 10.0 Å². The Bertz CT molecular complexity index is 884. The molecular weight excluding hydrogens is 376 g/mol. The average molecular weight is 399 g/mol.